The number of rotatable bonds is 2. The topological polar surface area (TPSA) is 66.2 Å². The van der Waals surface area contributed by atoms with Crippen molar-refractivity contribution in [2.45, 2.75) is 19.8 Å². The van der Waals surface area contributed by atoms with E-state index in [2.05, 4.69) is 5.16 Å². The minimum absolute atomic E-state index is 0. The Morgan fingerprint density at radius 2 is 2.25 bits per heavy atom. The number of carboxylic acid groups (broad SMARTS) is 1. The van der Waals surface area contributed by atoms with Crippen LogP contribution in [0.4, 0.5) is 0 Å². The van der Waals surface area contributed by atoms with Crippen molar-refractivity contribution in [3.63, 3.8) is 0 Å². The van der Waals surface area contributed by atoms with E-state index in [1.807, 2.05) is 13.8 Å². The largest absolute Gasteiger partial charge is 1.00 e. The number of nitrogens with zero attached hydrogens (tertiary/aromatic N) is 1. The molecule has 0 N–H and O–H groups in total. The van der Waals surface area contributed by atoms with Crippen LogP contribution in [0.3, 0.4) is 0 Å². The summed E-state index contributed by atoms with van der Waals surface area (Å²) in [5.41, 5.74) is -0.145. The van der Waals surface area contributed by atoms with Gasteiger partial charge in [-0.2, -0.15) is 0 Å². The molecule has 0 radical (unpaired) electrons. The first-order valence-corrected chi connectivity index (χ1v) is 3.29. The van der Waals surface area contributed by atoms with Crippen LogP contribution >= 0.6 is 0 Å². The second-order valence-corrected chi connectivity index (χ2v) is 2.56. The first-order chi connectivity index (χ1) is 5.11. The van der Waals surface area contributed by atoms with Crippen molar-refractivity contribution in [3.05, 3.63) is 17.5 Å². The number of carboxylic acids is 1. The van der Waals surface area contributed by atoms with Gasteiger partial charge >= 0.3 is 18.9 Å². The number of carbonyl (C=O) groups excluding carboxylic acids is 1. The molecule has 0 aliphatic rings. The molecule has 0 saturated heterocycles. The summed E-state index contributed by atoms with van der Waals surface area (Å²) in [5, 5.41) is 13.5. The Balaban J connectivity index is 0.00000121. The second-order valence-electron chi connectivity index (χ2n) is 2.56. The summed E-state index contributed by atoms with van der Waals surface area (Å²) in [6, 6.07) is 1.38. The zero-order chi connectivity index (χ0) is 8.43. The molecule has 0 atom stereocenters. The second kappa shape index (κ2) is 4.34. The third-order valence-corrected chi connectivity index (χ3v) is 1.31. The number of hydrogen-bond donors (Lipinski definition) is 0. The molecule has 0 amide bonds. The average molecular weight is 161 g/mol. The fourth-order valence-corrected chi connectivity index (χ4v) is 0.658. The van der Waals surface area contributed by atoms with Gasteiger partial charge in [-0.25, -0.2) is 0 Å². The van der Waals surface area contributed by atoms with Gasteiger partial charge in [-0.05, 0) is 0 Å². The van der Waals surface area contributed by atoms with Crippen LogP contribution < -0.4 is 24.0 Å². The molecule has 0 aliphatic heterocycles. The molecule has 12 heavy (non-hydrogen) atoms. The van der Waals surface area contributed by atoms with Gasteiger partial charge < -0.3 is 14.4 Å². The number of aromatic carboxylic acids is 1. The standard InChI is InChI=1S/C7H9NO3.Li/c1-4(2)6-3-5(7(9)10)8-11-6;/h3-4H,1-2H3,(H,9,10);/q;+1/p-1. The van der Waals surface area contributed by atoms with Crippen molar-refractivity contribution in [3.8, 4) is 0 Å². The predicted molar refractivity (Wildman–Crippen MR) is 34.9 cm³/mol. The summed E-state index contributed by atoms with van der Waals surface area (Å²) in [7, 11) is 0. The third kappa shape index (κ3) is 2.40. The van der Waals surface area contributed by atoms with Crippen molar-refractivity contribution in [1.82, 2.24) is 5.16 Å². The van der Waals surface area contributed by atoms with E-state index in [4.69, 9.17) is 4.52 Å². The van der Waals surface area contributed by atoms with Gasteiger partial charge in [-0.3, -0.25) is 0 Å². The maximum absolute atomic E-state index is 10.2. The third-order valence-electron chi connectivity index (χ3n) is 1.31. The van der Waals surface area contributed by atoms with Crippen LogP contribution in [-0.2, 0) is 0 Å². The van der Waals surface area contributed by atoms with E-state index in [1.165, 1.54) is 6.07 Å². The first kappa shape index (κ1) is 11.3. The van der Waals surface area contributed by atoms with Gasteiger partial charge in [-0.15, -0.1) is 0 Å². The van der Waals surface area contributed by atoms with Gasteiger partial charge in [0.05, 0.1) is 5.97 Å². The number of carbonyl (C=O) groups is 1. The molecule has 5 heteroatoms. The summed E-state index contributed by atoms with van der Waals surface area (Å²) in [6.07, 6.45) is 0. The number of hydrogen-bond acceptors (Lipinski definition) is 4. The van der Waals surface area contributed by atoms with Gasteiger partial charge in [0.1, 0.15) is 11.5 Å². The monoisotopic (exact) mass is 161 g/mol. The van der Waals surface area contributed by atoms with Crippen molar-refractivity contribution < 1.29 is 33.3 Å². The van der Waals surface area contributed by atoms with Gasteiger partial charge in [0, 0.05) is 12.0 Å². The normalized spacial score (nSPS) is 9.58. The molecule has 0 aromatic carbocycles. The predicted octanol–water partition coefficient (Wildman–Crippen LogP) is -2.83. The fraction of sp³-hybridized carbons (Fsp3) is 0.429. The summed E-state index contributed by atoms with van der Waals surface area (Å²) < 4.78 is 4.72. The van der Waals surface area contributed by atoms with Gasteiger partial charge in [-0.1, -0.05) is 19.0 Å². The van der Waals surface area contributed by atoms with Crippen molar-refractivity contribution in [2.75, 3.05) is 0 Å². The summed E-state index contributed by atoms with van der Waals surface area (Å²) in [6.45, 7) is 3.78. The van der Waals surface area contributed by atoms with Crippen LogP contribution in [-0.4, -0.2) is 11.1 Å². The van der Waals surface area contributed by atoms with Crippen molar-refractivity contribution >= 4 is 5.97 Å². The molecule has 0 saturated carbocycles. The van der Waals surface area contributed by atoms with E-state index in [1.54, 1.807) is 0 Å². The Kier molecular flexibility index (Phi) is 4.08. The Morgan fingerprint density at radius 1 is 1.67 bits per heavy atom. The van der Waals surface area contributed by atoms with Crippen LogP contribution in [0.15, 0.2) is 10.6 Å². The van der Waals surface area contributed by atoms with E-state index in [-0.39, 0.29) is 30.5 Å². The maximum atomic E-state index is 10.2. The number of aromatic nitrogens is 1. The molecule has 1 aromatic rings. The molecule has 0 spiro atoms. The first-order valence-electron chi connectivity index (χ1n) is 3.29. The summed E-state index contributed by atoms with van der Waals surface area (Å²) in [4.78, 5) is 10.2. The van der Waals surface area contributed by atoms with Crippen LogP contribution in [0.2, 0.25) is 0 Å². The Labute approximate surface area is 82.1 Å². The average Bonchev–Trinajstić information content (AvgIpc) is 2.33. The summed E-state index contributed by atoms with van der Waals surface area (Å²) >= 11 is 0. The van der Waals surface area contributed by atoms with Crippen LogP contribution in [0.5, 0.6) is 0 Å². The van der Waals surface area contributed by atoms with E-state index >= 15 is 0 Å². The van der Waals surface area contributed by atoms with Crippen molar-refractivity contribution in [2.24, 2.45) is 0 Å². The zero-order valence-electron chi connectivity index (χ0n) is 7.33. The molecule has 0 fully saturated rings. The molecular formula is C7H8LiNO3. The summed E-state index contributed by atoms with van der Waals surface area (Å²) in [5.74, 6) is -0.597. The quantitative estimate of drug-likeness (QED) is 0.438. The van der Waals surface area contributed by atoms with E-state index < -0.39 is 5.97 Å². The molecule has 4 nitrogen and oxygen atoms in total. The molecule has 1 rings (SSSR count). The van der Waals surface area contributed by atoms with Crippen LogP contribution in [0, 0.1) is 0 Å². The minimum atomic E-state index is -1.30. The molecule has 0 bridgehead atoms. The minimum Gasteiger partial charge on any atom is -0.543 e. The zero-order valence-corrected chi connectivity index (χ0v) is 7.33. The van der Waals surface area contributed by atoms with Gasteiger partial charge in [0.2, 0.25) is 0 Å². The Morgan fingerprint density at radius 3 is 2.50 bits per heavy atom. The van der Waals surface area contributed by atoms with E-state index in [0.29, 0.717) is 5.76 Å². The molecule has 0 unspecified atom stereocenters. The van der Waals surface area contributed by atoms with E-state index in [0.717, 1.165) is 0 Å². The Hall–Kier alpha value is -0.723. The van der Waals surface area contributed by atoms with Crippen LogP contribution in [0.25, 0.3) is 0 Å². The van der Waals surface area contributed by atoms with Crippen molar-refractivity contribution in [1.29, 1.82) is 0 Å². The molecule has 1 aromatic heterocycles. The van der Waals surface area contributed by atoms with Gasteiger partial charge in [0.25, 0.3) is 0 Å². The molecular weight excluding hydrogens is 153 g/mol. The van der Waals surface area contributed by atoms with E-state index in [9.17, 15) is 9.90 Å². The maximum Gasteiger partial charge on any atom is 1.00 e. The fourth-order valence-electron chi connectivity index (χ4n) is 0.658. The SMILES string of the molecule is CC(C)c1cc(C(=O)[O-])no1.[Li+]. The molecule has 1 heterocycles. The smallest absolute Gasteiger partial charge is 0.543 e. The molecule has 0 aliphatic carbocycles. The van der Waals surface area contributed by atoms with Crippen LogP contribution in [0.1, 0.15) is 36.0 Å². The Bertz CT molecular complexity index is 269. The van der Waals surface area contributed by atoms with Gasteiger partial charge in [0.15, 0.2) is 0 Å². The molecule has 60 valence electrons.